The summed E-state index contributed by atoms with van der Waals surface area (Å²) in [6.45, 7) is 3.74. The van der Waals surface area contributed by atoms with E-state index in [0.29, 0.717) is 5.69 Å². The third-order valence-corrected chi connectivity index (χ3v) is 7.29. The highest BCUT2D eigenvalue weighted by atomic mass is 32.2. The van der Waals surface area contributed by atoms with E-state index in [1.165, 1.54) is 10.4 Å². The Hall–Kier alpha value is -2.12. The number of anilines is 1. The molecule has 0 radical (unpaired) electrons. The molecule has 0 spiro atoms. The number of nitrogens with zero attached hydrogens (tertiary/aromatic N) is 1. The Balaban J connectivity index is 2.14. The number of hydrogen-bond donors (Lipinski definition) is 0. The Labute approximate surface area is 148 Å². The fourth-order valence-electron chi connectivity index (χ4n) is 2.80. The van der Waals surface area contributed by atoms with E-state index in [-0.39, 0.29) is 10.6 Å². The summed E-state index contributed by atoms with van der Waals surface area (Å²) in [5.41, 5.74) is 2.29. The van der Waals surface area contributed by atoms with Crippen LogP contribution in [-0.4, -0.2) is 28.6 Å². The van der Waals surface area contributed by atoms with Gasteiger partial charge in [0.05, 0.1) is 22.4 Å². The van der Waals surface area contributed by atoms with Crippen molar-refractivity contribution in [2.75, 3.05) is 10.1 Å². The van der Waals surface area contributed by atoms with Crippen LogP contribution in [0.3, 0.4) is 0 Å². The maximum Gasteiger partial charge on any atom is 0.264 e. The van der Waals surface area contributed by atoms with Gasteiger partial charge in [-0.05, 0) is 49.8 Å². The molecule has 0 N–H and O–H groups in total. The molecule has 1 aliphatic rings. The van der Waals surface area contributed by atoms with E-state index < -0.39 is 25.9 Å². The maximum atomic E-state index is 13.3. The van der Waals surface area contributed by atoms with Crippen LogP contribution >= 0.6 is 0 Å². The van der Waals surface area contributed by atoms with E-state index in [4.69, 9.17) is 0 Å². The Bertz CT molecular complexity index is 1020. The van der Waals surface area contributed by atoms with Crippen molar-refractivity contribution in [1.82, 2.24) is 0 Å². The summed E-state index contributed by atoms with van der Waals surface area (Å²) in [6, 6.07) is 12.8. The van der Waals surface area contributed by atoms with Gasteiger partial charge in [-0.15, -0.1) is 0 Å². The highest BCUT2D eigenvalue weighted by molar-refractivity contribution is 7.95. The van der Waals surface area contributed by atoms with E-state index in [1.807, 2.05) is 19.9 Å². The molecule has 2 aromatic rings. The van der Waals surface area contributed by atoms with Gasteiger partial charge < -0.3 is 0 Å². The summed E-state index contributed by atoms with van der Waals surface area (Å²) < 4.78 is 51.4. The second kappa shape index (κ2) is 6.31. The largest absolute Gasteiger partial charge is 0.264 e. The van der Waals surface area contributed by atoms with Crippen molar-refractivity contribution >= 4 is 25.5 Å². The molecule has 132 valence electrons. The molecular formula is C18H19NO4S2. The van der Waals surface area contributed by atoms with Crippen LogP contribution < -0.4 is 4.31 Å². The number of aryl methyl sites for hydroxylation is 2. The van der Waals surface area contributed by atoms with Gasteiger partial charge in [-0.25, -0.2) is 16.8 Å². The van der Waals surface area contributed by atoms with Crippen LogP contribution in [0.1, 0.15) is 11.1 Å². The van der Waals surface area contributed by atoms with E-state index in [2.05, 4.69) is 0 Å². The summed E-state index contributed by atoms with van der Waals surface area (Å²) >= 11 is 0. The monoisotopic (exact) mass is 377 g/mol. The molecule has 0 saturated carbocycles. The molecule has 5 nitrogen and oxygen atoms in total. The van der Waals surface area contributed by atoms with Gasteiger partial charge in [-0.2, -0.15) is 0 Å². The van der Waals surface area contributed by atoms with Gasteiger partial charge >= 0.3 is 0 Å². The molecule has 0 amide bonds. The zero-order valence-corrected chi connectivity index (χ0v) is 15.6. The molecular weight excluding hydrogens is 358 g/mol. The summed E-state index contributed by atoms with van der Waals surface area (Å²) in [7, 11) is -7.30. The molecule has 1 atom stereocenters. The Morgan fingerprint density at radius 1 is 1.00 bits per heavy atom. The van der Waals surface area contributed by atoms with Crippen molar-refractivity contribution in [3.8, 4) is 0 Å². The van der Waals surface area contributed by atoms with Crippen LogP contribution in [0.5, 0.6) is 0 Å². The van der Waals surface area contributed by atoms with Gasteiger partial charge in [0, 0.05) is 5.41 Å². The minimum absolute atomic E-state index is 0.136. The van der Waals surface area contributed by atoms with Crippen molar-refractivity contribution in [2.24, 2.45) is 0 Å². The summed E-state index contributed by atoms with van der Waals surface area (Å²) in [5.74, 6) is -0.258. The quantitative estimate of drug-likeness (QED) is 0.821. The molecule has 0 bridgehead atoms. The van der Waals surface area contributed by atoms with Gasteiger partial charge in [0.25, 0.3) is 10.0 Å². The average molecular weight is 377 g/mol. The first kappa shape index (κ1) is 17.7. The highest BCUT2D eigenvalue weighted by Gasteiger charge is 2.35. The zero-order chi connectivity index (χ0) is 18.2. The van der Waals surface area contributed by atoms with Crippen molar-refractivity contribution in [3.05, 3.63) is 71.1 Å². The Morgan fingerprint density at radius 2 is 1.68 bits per heavy atom. The minimum atomic E-state index is -3.90. The van der Waals surface area contributed by atoms with Gasteiger partial charge in [-0.1, -0.05) is 29.8 Å². The van der Waals surface area contributed by atoms with Crippen LogP contribution in [0.25, 0.3) is 0 Å². The normalized spacial score (nSPS) is 19.0. The lowest BCUT2D eigenvalue weighted by Gasteiger charge is -2.29. The SMILES string of the molecule is Cc1ccc(S(=O)(=O)N(c2cccc(C)c2)[C@@H]2C=CS(=O)(=O)C2)cc1. The first-order chi connectivity index (χ1) is 11.7. The van der Waals surface area contributed by atoms with E-state index >= 15 is 0 Å². The van der Waals surface area contributed by atoms with Crippen molar-refractivity contribution in [1.29, 1.82) is 0 Å². The first-order valence-corrected chi connectivity index (χ1v) is 10.9. The molecule has 0 aliphatic carbocycles. The highest BCUT2D eigenvalue weighted by Crippen LogP contribution is 2.30. The van der Waals surface area contributed by atoms with Crippen molar-refractivity contribution < 1.29 is 16.8 Å². The topological polar surface area (TPSA) is 71.5 Å². The fourth-order valence-corrected chi connectivity index (χ4v) is 5.76. The van der Waals surface area contributed by atoms with Gasteiger partial charge in [0.2, 0.25) is 0 Å². The summed E-state index contributed by atoms with van der Waals surface area (Å²) in [6.07, 6.45) is 1.43. The van der Waals surface area contributed by atoms with Crippen LogP contribution in [0.4, 0.5) is 5.69 Å². The zero-order valence-electron chi connectivity index (χ0n) is 14.0. The molecule has 1 aliphatic heterocycles. The minimum Gasteiger partial charge on any atom is -0.258 e. The maximum absolute atomic E-state index is 13.3. The lowest BCUT2D eigenvalue weighted by Crippen LogP contribution is -2.41. The Morgan fingerprint density at radius 3 is 2.24 bits per heavy atom. The second-order valence-corrected chi connectivity index (χ2v) is 9.92. The van der Waals surface area contributed by atoms with Crippen LogP contribution in [-0.2, 0) is 19.9 Å². The van der Waals surface area contributed by atoms with Gasteiger partial charge in [0.1, 0.15) is 0 Å². The lowest BCUT2D eigenvalue weighted by molar-refractivity contribution is 0.586. The molecule has 2 aromatic carbocycles. The molecule has 25 heavy (non-hydrogen) atoms. The number of benzene rings is 2. The molecule has 1 heterocycles. The summed E-state index contributed by atoms with van der Waals surface area (Å²) in [4.78, 5) is 0.136. The standard InChI is InChI=1S/C18H19NO4S2/c1-14-6-8-18(9-7-14)25(22,23)19(16-5-3-4-15(2)12-16)17-10-11-24(20,21)13-17/h3-12,17H,13H2,1-2H3/t17-/m1/s1. The smallest absolute Gasteiger partial charge is 0.258 e. The Kier molecular flexibility index (Phi) is 4.47. The number of sulfone groups is 1. The predicted molar refractivity (Wildman–Crippen MR) is 98.7 cm³/mol. The number of rotatable bonds is 4. The van der Waals surface area contributed by atoms with E-state index in [1.54, 1.807) is 42.5 Å². The van der Waals surface area contributed by atoms with Crippen LogP contribution in [0, 0.1) is 13.8 Å². The average Bonchev–Trinajstić information content (AvgIpc) is 2.87. The van der Waals surface area contributed by atoms with E-state index in [9.17, 15) is 16.8 Å². The van der Waals surface area contributed by atoms with Crippen LogP contribution in [0.2, 0.25) is 0 Å². The van der Waals surface area contributed by atoms with Gasteiger partial charge in [-0.3, -0.25) is 4.31 Å². The van der Waals surface area contributed by atoms with E-state index in [0.717, 1.165) is 16.5 Å². The first-order valence-electron chi connectivity index (χ1n) is 7.78. The number of sulfonamides is 1. The van der Waals surface area contributed by atoms with Crippen molar-refractivity contribution in [3.63, 3.8) is 0 Å². The molecule has 0 aromatic heterocycles. The summed E-state index contributed by atoms with van der Waals surface area (Å²) in [5, 5.41) is 1.09. The molecule has 0 fully saturated rings. The van der Waals surface area contributed by atoms with Gasteiger partial charge in [0.15, 0.2) is 9.84 Å². The lowest BCUT2D eigenvalue weighted by atomic mass is 10.2. The third kappa shape index (κ3) is 3.62. The number of hydrogen-bond acceptors (Lipinski definition) is 4. The molecule has 3 rings (SSSR count). The fraction of sp³-hybridized carbons (Fsp3) is 0.222. The third-order valence-electron chi connectivity index (χ3n) is 4.05. The molecule has 0 unspecified atom stereocenters. The second-order valence-electron chi connectivity index (χ2n) is 6.18. The molecule has 0 saturated heterocycles. The van der Waals surface area contributed by atoms with Crippen LogP contribution in [0.15, 0.2) is 64.9 Å². The molecule has 7 heteroatoms. The predicted octanol–water partition coefficient (Wildman–Crippen LogP) is 2.81. The van der Waals surface area contributed by atoms with Crippen molar-refractivity contribution in [2.45, 2.75) is 24.8 Å².